The van der Waals surface area contributed by atoms with Gasteiger partial charge in [-0.2, -0.15) is 13.2 Å². The van der Waals surface area contributed by atoms with Crippen LogP contribution in [0.25, 0.3) is 0 Å². The topological polar surface area (TPSA) is 38.9 Å². The van der Waals surface area contributed by atoms with Crippen LogP contribution < -0.4 is 5.73 Å². The maximum absolute atomic E-state index is 12.9. The van der Waals surface area contributed by atoms with E-state index in [2.05, 4.69) is 4.98 Å². The third kappa shape index (κ3) is 3.43. The minimum absolute atomic E-state index is 0.443. The van der Waals surface area contributed by atoms with Crippen LogP contribution in [0.15, 0.2) is 12.3 Å². The van der Waals surface area contributed by atoms with Crippen LogP contribution in [0, 0.1) is 11.6 Å². The first kappa shape index (κ1) is 11.8. The van der Waals surface area contributed by atoms with Gasteiger partial charge in [-0.3, -0.25) is 4.98 Å². The molecule has 0 saturated carbocycles. The summed E-state index contributed by atoms with van der Waals surface area (Å²) >= 11 is 0. The SMILES string of the molecule is N[C@H](CC(F)(F)F)c1ncc(F)cc1F. The molecule has 0 fully saturated rings. The third-order valence-corrected chi connectivity index (χ3v) is 1.64. The van der Waals surface area contributed by atoms with Crippen molar-refractivity contribution in [3.8, 4) is 0 Å². The number of halogens is 5. The third-order valence-electron chi connectivity index (χ3n) is 1.64. The molecule has 0 saturated heterocycles. The largest absolute Gasteiger partial charge is 0.390 e. The molecule has 0 unspecified atom stereocenters. The fourth-order valence-electron chi connectivity index (χ4n) is 1.04. The number of aromatic nitrogens is 1. The molecule has 15 heavy (non-hydrogen) atoms. The van der Waals surface area contributed by atoms with E-state index in [4.69, 9.17) is 5.73 Å². The summed E-state index contributed by atoms with van der Waals surface area (Å²) in [6.45, 7) is 0. The van der Waals surface area contributed by atoms with E-state index >= 15 is 0 Å². The predicted molar refractivity (Wildman–Crippen MR) is 41.8 cm³/mol. The Balaban J connectivity index is 2.87. The highest BCUT2D eigenvalue weighted by Crippen LogP contribution is 2.28. The first-order valence-electron chi connectivity index (χ1n) is 3.93. The minimum Gasteiger partial charge on any atom is -0.322 e. The fourth-order valence-corrected chi connectivity index (χ4v) is 1.04. The zero-order valence-corrected chi connectivity index (χ0v) is 7.35. The van der Waals surface area contributed by atoms with Crippen LogP contribution in [-0.4, -0.2) is 11.2 Å². The number of nitrogens with two attached hydrogens (primary N) is 1. The Hall–Kier alpha value is -1.24. The van der Waals surface area contributed by atoms with Gasteiger partial charge in [-0.1, -0.05) is 0 Å². The van der Waals surface area contributed by atoms with Crippen LogP contribution in [0.4, 0.5) is 22.0 Å². The molecule has 1 aromatic heterocycles. The van der Waals surface area contributed by atoms with Crippen LogP contribution in [0.3, 0.4) is 0 Å². The second-order valence-electron chi connectivity index (χ2n) is 2.95. The van der Waals surface area contributed by atoms with E-state index in [9.17, 15) is 22.0 Å². The van der Waals surface area contributed by atoms with Crippen molar-refractivity contribution in [1.29, 1.82) is 0 Å². The lowest BCUT2D eigenvalue weighted by molar-refractivity contribution is -0.138. The number of nitrogens with zero attached hydrogens (tertiary/aromatic N) is 1. The Morgan fingerprint density at radius 3 is 2.40 bits per heavy atom. The van der Waals surface area contributed by atoms with Crippen LogP contribution in [0.2, 0.25) is 0 Å². The van der Waals surface area contributed by atoms with Gasteiger partial charge in [-0.25, -0.2) is 8.78 Å². The molecule has 1 rings (SSSR count). The molecule has 2 nitrogen and oxygen atoms in total. The summed E-state index contributed by atoms with van der Waals surface area (Å²) in [5, 5.41) is 0. The van der Waals surface area contributed by atoms with Crippen molar-refractivity contribution in [2.75, 3.05) is 0 Å². The smallest absolute Gasteiger partial charge is 0.322 e. The number of rotatable bonds is 2. The molecule has 0 bridgehead atoms. The van der Waals surface area contributed by atoms with Crippen molar-refractivity contribution in [2.45, 2.75) is 18.6 Å². The standard InChI is InChI=1S/C8H7F5N2/c9-4-1-5(10)7(15-3-4)6(14)2-8(11,12)13/h1,3,6H,2,14H2/t6-/m1/s1. The molecule has 7 heteroatoms. The number of hydrogen-bond acceptors (Lipinski definition) is 2. The Labute approximate surface area is 81.9 Å². The van der Waals surface area contributed by atoms with Gasteiger partial charge >= 0.3 is 6.18 Å². The van der Waals surface area contributed by atoms with Gasteiger partial charge in [0.1, 0.15) is 11.6 Å². The molecular weight excluding hydrogens is 219 g/mol. The van der Waals surface area contributed by atoms with E-state index in [-0.39, 0.29) is 0 Å². The van der Waals surface area contributed by atoms with Crippen LogP contribution in [0.5, 0.6) is 0 Å². The van der Waals surface area contributed by atoms with Crippen molar-refractivity contribution in [1.82, 2.24) is 4.98 Å². The van der Waals surface area contributed by atoms with Crippen LogP contribution in [0.1, 0.15) is 18.2 Å². The maximum atomic E-state index is 12.9. The number of pyridine rings is 1. The summed E-state index contributed by atoms with van der Waals surface area (Å²) in [7, 11) is 0. The van der Waals surface area contributed by atoms with Gasteiger partial charge in [0, 0.05) is 6.07 Å². The monoisotopic (exact) mass is 226 g/mol. The first-order valence-corrected chi connectivity index (χ1v) is 3.93. The summed E-state index contributed by atoms with van der Waals surface area (Å²) in [6, 6.07) is -1.18. The highest BCUT2D eigenvalue weighted by Gasteiger charge is 2.32. The van der Waals surface area contributed by atoms with E-state index in [0.717, 1.165) is 0 Å². The zero-order chi connectivity index (χ0) is 11.6. The maximum Gasteiger partial charge on any atom is 0.390 e. The summed E-state index contributed by atoms with van der Waals surface area (Å²) in [4.78, 5) is 3.19. The molecule has 0 amide bonds. The van der Waals surface area contributed by atoms with E-state index < -0.39 is 36.0 Å². The second kappa shape index (κ2) is 4.09. The quantitative estimate of drug-likeness (QED) is 0.786. The lowest BCUT2D eigenvalue weighted by Gasteiger charge is -2.13. The highest BCUT2D eigenvalue weighted by molar-refractivity contribution is 5.12. The summed E-state index contributed by atoms with van der Waals surface area (Å²) in [6.07, 6.45) is -5.29. The molecule has 1 atom stereocenters. The van der Waals surface area contributed by atoms with Gasteiger partial charge in [-0.15, -0.1) is 0 Å². The van der Waals surface area contributed by atoms with Crippen molar-refractivity contribution >= 4 is 0 Å². The van der Waals surface area contributed by atoms with Gasteiger partial charge in [0.15, 0.2) is 0 Å². The van der Waals surface area contributed by atoms with E-state index in [1.54, 1.807) is 0 Å². The average molecular weight is 226 g/mol. The Kier molecular flexibility index (Phi) is 3.23. The highest BCUT2D eigenvalue weighted by atomic mass is 19.4. The van der Waals surface area contributed by atoms with Crippen molar-refractivity contribution in [2.24, 2.45) is 5.73 Å². The Bertz CT molecular complexity index is 349. The zero-order valence-electron chi connectivity index (χ0n) is 7.35. The lowest BCUT2D eigenvalue weighted by Crippen LogP contribution is -2.22. The van der Waals surface area contributed by atoms with Crippen molar-refractivity contribution in [3.63, 3.8) is 0 Å². The molecule has 0 aromatic carbocycles. The molecule has 0 aliphatic rings. The van der Waals surface area contributed by atoms with Crippen LogP contribution >= 0.6 is 0 Å². The molecule has 1 aromatic rings. The lowest BCUT2D eigenvalue weighted by atomic mass is 10.1. The molecule has 84 valence electrons. The summed E-state index contributed by atoms with van der Waals surface area (Å²) in [5.41, 5.74) is 4.50. The van der Waals surface area contributed by atoms with E-state index in [0.29, 0.717) is 12.3 Å². The molecule has 0 spiro atoms. The van der Waals surface area contributed by atoms with Gasteiger partial charge in [0.05, 0.1) is 24.4 Å². The Morgan fingerprint density at radius 1 is 1.33 bits per heavy atom. The van der Waals surface area contributed by atoms with Gasteiger partial charge < -0.3 is 5.73 Å². The molecule has 0 aliphatic heterocycles. The number of alkyl halides is 3. The van der Waals surface area contributed by atoms with Gasteiger partial charge in [0.2, 0.25) is 0 Å². The predicted octanol–water partition coefficient (Wildman–Crippen LogP) is 2.31. The fraction of sp³-hybridized carbons (Fsp3) is 0.375. The first-order chi connectivity index (χ1) is 6.79. The molecule has 0 radical (unpaired) electrons. The van der Waals surface area contributed by atoms with Crippen molar-refractivity contribution < 1.29 is 22.0 Å². The van der Waals surface area contributed by atoms with Gasteiger partial charge in [0.25, 0.3) is 0 Å². The number of hydrogen-bond donors (Lipinski definition) is 1. The van der Waals surface area contributed by atoms with Crippen molar-refractivity contribution in [3.05, 3.63) is 29.6 Å². The summed E-state index contributed by atoms with van der Waals surface area (Å²) in [5.74, 6) is -2.14. The normalized spacial score (nSPS) is 14.0. The van der Waals surface area contributed by atoms with Crippen LogP contribution in [-0.2, 0) is 0 Å². The molecular formula is C8H7F5N2. The summed E-state index contributed by atoms with van der Waals surface area (Å²) < 4.78 is 61.0. The Morgan fingerprint density at radius 2 is 1.93 bits per heavy atom. The van der Waals surface area contributed by atoms with E-state index in [1.165, 1.54) is 0 Å². The molecule has 1 heterocycles. The second-order valence-corrected chi connectivity index (χ2v) is 2.95. The molecule has 2 N–H and O–H groups in total. The van der Waals surface area contributed by atoms with Gasteiger partial charge in [-0.05, 0) is 0 Å². The molecule has 0 aliphatic carbocycles. The average Bonchev–Trinajstić information content (AvgIpc) is 1.99. The minimum atomic E-state index is -4.51. The van der Waals surface area contributed by atoms with E-state index in [1.807, 2.05) is 0 Å².